The SMILES string of the molecule is O=S(=O)(Cl)c1cnc(Cl)c2ccccc12. The number of hydrogen-bond donors (Lipinski definition) is 0. The van der Waals surface area contributed by atoms with Gasteiger partial charge in [-0.25, -0.2) is 13.4 Å². The van der Waals surface area contributed by atoms with Gasteiger partial charge in [-0.3, -0.25) is 0 Å². The number of hydrogen-bond acceptors (Lipinski definition) is 3. The molecule has 0 saturated carbocycles. The van der Waals surface area contributed by atoms with Crippen LogP contribution in [0.4, 0.5) is 0 Å². The van der Waals surface area contributed by atoms with E-state index in [1.807, 2.05) is 0 Å². The minimum atomic E-state index is -3.80. The molecule has 2 rings (SSSR count). The van der Waals surface area contributed by atoms with Crippen LogP contribution in [0.3, 0.4) is 0 Å². The van der Waals surface area contributed by atoms with Crippen molar-refractivity contribution in [3.63, 3.8) is 0 Å². The number of halogens is 2. The summed E-state index contributed by atoms with van der Waals surface area (Å²) >= 11 is 5.83. The van der Waals surface area contributed by atoms with E-state index in [0.29, 0.717) is 10.8 Å². The lowest BCUT2D eigenvalue weighted by atomic mass is 10.2. The number of pyridine rings is 1. The van der Waals surface area contributed by atoms with Crippen LogP contribution >= 0.6 is 22.3 Å². The van der Waals surface area contributed by atoms with Crippen molar-refractivity contribution in [3.05, 3.63) is 35.6 Å². The third-order valence-corrected chi connectivity index (χ3v) is 3.62. The molecule has 0 spiro atoms. The molecule has 0 aliphatic heterocycles. The van der Waals surface area contributed by atoms with E-state index < -0.39 is 9.05 Å². The van der Waals surface area contributed by atoms with E-state index in [1.165, 1.54) is 0 Å². The van der Waals surface area contributed by atoms with Gasteiger partial charge in [0.1, 0.15) is 10.0 Å². The van der Waals surface area contributed by atoms with Crippen molar-refractivity contribution in [2.75, 3.05) is 0 Å². The largest absolute Gasteiger partial charge is 0.263 e. The molecule has 0 radical (unpaired) electrons. The van der Waals surface area contributed by atoms with Crippen LogP contribution < -0.4 is 0 Å². The first-order valence-electron chi connectivity index (χ1n) is 3.98. The van der Waals surface area contributed by atoms with E-state index in [0.717, 1.165) is 6.20 Å². The summed E-state index contributed by atoms with van der Waals surface area (Å²) in [6.45, 7) is 0. The van der Waals surface area contributed by atoms with E-state index >= 15 is 0 Å². The fraction of sp³-hybridized carbons (Fsp3) is 0. The Hall–Kier alpha value is -0.840. The molecule has 0 saturated heterocycles. The minimum Gasteiger partial charge on any atom is -0.242 e. The summed E-state index contributed by atoms with van der Waals surface area (Å²) in [4.78, 5) is 3.75. The molecule has 0 amide bonds. The molecule has 15 heavy (non-hydrogen) atoms. The molecule has 0 unspecified atom stereocenters. The Morgan fingerprint density at radius 2 is 1.73 bits per heavy atom. The third kappa shape index (κ3) is 1.93. The fourth-order valence-electron chi connectivity index (χ4n) is 1.33. The molecule has 0 aliphatic rings. The topological polar surface area (TPSA) is 47.0 Å². The second kappa shape index (κ2) is 3.63. The van der Waals surface area contributed by atoms with Gasteiger partial charge in [0.2, 0.25) is 0 Å². The lowest BCUT2D eigenvalue weighted by Gasteiger charge is -2.03. The zero-order valence-electron chi connectivity index (χ0n) is 7.31. The van der Waals surface area contributed by atoms with Crippen LogP contribution in [0.2, 0.25) is 5.15 Å². The van der Waals surface area contributed by atoms with E-state index in [1.54, 1.807) is 24.3 Å². The summed E-state index contributed by atoms with van der Waals surface area (Å²) in [5, 5.41) is 1.31. The Balaban J connectivity index is 2.96. The Kier molecular flexibility index (Phi) is 2.58. The van der Waals surface area contributed by atoms with Gasteiger partial charge in [-0.15, -0.1) is 0 Å². The smallest absolute Gasteiger partial charge is 0.242 e. The normalized spacial score (nSPS) is 11.9. The monoisotopic (exact) mass is 261 g/mol. The minimum absolute atomic E-state index is 0.0239. The zero-order chi connectivity index (χ0) is 11.1. The quantitative estimate of drug-likeness (QED) is 0.586. The highest BCUT2D eigenvalue weighted by Gasteiger charge is 2.15. The highest BCUT2D eigenvalue weighted by molar-refractivity contribution is 8.14. The molecular formula is C9H5Cl2NO2S. The van der Waals surface area contributed by atoms with Crippen LogP contribution in [0, 0.1) is 0 Å². The first-order valence-corrected chi connectivity index (χ1v) is 6.67. The van der Waals surface area contributed by atoms with Gasteiger partial charge >= 0.3 is 0 Å². The van der Waals surface area contributed by atoms with E-state index in [9.17, 15) is 8.42 Å². The van der Waals surface area contributed by atoms with Crippen molar-refractivity contribution in [3.8, 4) is 0 Å². The molecule has 0 atom stereocenters. The molecule has 0 fully saturated rings. The maximum absolute atomic E-state index is 11.2. The molecular weight excluding hydrogens is 257 g/mol. The first kappa shape index (κ1) is 10.7. The molecule has 0 aliphatic carbocycles. The van der Waals surface area contributed by atoms with Gasteiger partial charge < -0.3 is 0 Å². The number of nitrogens with zero attached hydrogens (tertiary/aromatic N) is 1. The second-order valence-electron chi connectivity index (χ2n) is 2.90. The molecule has 3 nitrogen and oxygen atoms in total. The van der Waals surface area contributed by atoms with E-state index in [2.05, 4.69) is 4.98 Å². The third-order valence-electron chi connectivity index (χ3n) is 1.97. The lowest BCUT2D eigenvalue weighted by Crippen LogP contribution is -1.94. The summed E-state index contributed by atoms with van der Waals surface area (Å²) in [6, 6.07) is 6.79. The Labute approximate surface area is 96.1 Å². The summed E-state index contributed by atoms with van der Waals surface area (Å²) in [5.41, 5.74) is 0. The van der Waals surface area contributed by atoms with Crippen LogP contribution in [0.5, 0.6) is 0 Å². The molecule has 0 bridgehead atoms. The fourth-order valence-corrected chi connectivity index (χ4v) is 2.53. The van der Waals surface area contributed by atoms with Crippen LogP contribution in [0.25, 0.3) is 10.8 Å². The summed E-state index contributed by atoms with van der Waals surface area (Å²) in [6.07, 6.45) is 1.16. The second-order valence-corrected chi connectivity index (χ2v) is 5.79. The number of benzene rings is 1. The first-order chi connectivity index (χ1) is 7.00. The Morgan fingerprint density at radius 1 is 1.13 bits per heavy atom. The van der Waals surface area contributed by atoms with Crippen molar-refractivity contribution < 1.29 is 8.42 Å². The summed E-state index contributed by atoms with van der Waals surface area (Å²) < 4.78 is 22.5. The Bertz CT molecular complexity index is 625. The van der Waals surface area contributed by atoms with Gasteiger partial charge in [-0.05, 0) is 0 Å². The van der Waals surface area contributed by atoms with Crippen molar-refractivity contribution in [1.29, 1.82) is 0 Å². The van der Waals surface area contributed by atoms with Gasteiger partial charge in [0.25, 0.3) is 9.05 Å². The van der Waals surface area contributed by atoms with E-state index in [-0.39, 0.29) is 10.0 Å². The van der Waals surface area contributed by atoms with Crippen molar-refractivity contribution in [2.24, 2.45) is 0 Å². The van der Waals surface area contributed by atoms with Gasteiger partial charge in [0.15, 0.2) is 0 Å². The van der Waals surface area contributed by atoms with Gasteiger partial charge in [-0.2, -0.15) is 0 Å². The highest BCUT2D eigenvalue weighted by Crippen LogP contribution is 2.28. The maximum Gasteiger partial charge on any atom is 0.263 e. The van der Waals surface area contributed by atoms with Crippen LogP contribution in [-0.4, -0.2) is 13.4 Å². The van der Waals surface area contributed by atoms with Crippen molar-refractivity contribution in [1.82, 2.24) is 4.98 Å². The molecule has 6 heteroatoms. The molecule has 78 valence electrons. The predicted octanol–water partition coefficient (Wildman–Crippen LogP) is 2.82. The maximum atomic E-state index is 11.2. The zero-order valence-corrected chi connectivity index (χ0v) is 9.64. The summed E-state index contributed by atoms with van der Waals surface area (Å²) in [5.74, 6) is 0. The van der Waals surface area contributed by atoms with E-state index in [4.69, 9.17) is 22.3 Å². The lowest BCUT2D eigenvalue weighted by molar-refractivity contribution is 0.610. The molecule has 0 N–H and O–H groups in total. The standard InChI is InChI=1S/C9H5Cl2NO2S/c10-9-7-4-2-1-3-6(7)8(5-12-9)15(11,13)14/h1-5H. The average Bonchev–Trinajstić information content (AvgIpc) is 2.17. The molecule has 1 aromatic heterocycles. The number of aromatic nitrogens is 1. The highest BCUT2D eigenvalue weighted by atomic mass is 35.7. The van der Waals surface area contributed by atoms with Gasteiger partial charge in [0, 0.05) is 27.7 Å². The van der Waals surface area contributed by atoms with Crippen LogP contribution in [0.15, 0.2) is 35.4 Å². The molecule has 1 heterocycles. The Morgan fingerprint density at radius 3 is 2.33 bits per heavy atom. The molecule has 1 aromatic carbocycles. The predicted molar refractivity (Wildman–Crippen MR) is 59.8 cm³/mol. The average molecular weight is 262 g/mol. The van der Waals surface area contributed by atoms with Gasteiger partial charge in [0.05, 0.1) is 0 Å². The van der Waals surface area contributed by atoms with Crippen molar-refractivity contribution in [2.45, 2.75) is 4.90 Å². The number of fused-ring (bicyclic) bond motifs is 1. The van der Waals surface area contributed by atoms with Crippen LogP contribution in [0.1, 0.15) is 0 Å². The molecule has 2 aromatic rings. The summed E-state index contributed by atoms with van der Waals surface area (Å²) in [7, 11) is 1.48. The van der Waals surface area contributed by atoms with Crippen molar-refractivity contribution >= 4 is 42.1 Å². The van der Waals surface area contributed by atoms with Crippen LogP contribution in [-0.2, 0) is 9.05 Å². The van der Waals surface area contributed by atoms with Gasteiger partial charge in [-0.1, -0.05) is 35.9 Å². The number of rotatable bonds is 1.